The fourth-order valence-electron chi connectivity index (χ4n) is 1.86. The molecule has 0 saturated carbocycles. The summed E-state index contributed by atoms with van der Waals surface area (Å²) in [5.41, 5.74) is 2.70. The van der Waals surface area contributed by atoms with Gasteiger partial charge >= 0.3 is 0 Å². The van der Waals surface area contributed by atoms with E-state index < -0.39 is 0 Å². The summed E-state index contributed by atoms with van der Waals surface area (Å²) in [4.78, 5) is 13.3. The van der Waals surface area contributed by atoms with E-state index in [4.69, 9.17) is 0 Å². The maximum absolute atomic E-state index is 12.3. The van der Waals surface area contributed by atoms with Gasteiger partial charge in [0.25, 0.3) is 5.91 Å². The summed E-state index contributed by atoms with van der Waals surface area (Å²) in [6, 6.07) is 15.5. The van der Waals surface area contributed by atoms with Crippen LogP contribution in [0.2, 0.25) is 0 Å². The molecule has 2 aromatic rings. The van der Waals surface area contributed by atoms with E-state index in [2.05, 4.69) is 12.2 Å². The summed E-state index contributed by atoms with van der Waals surface area (Å²) in [5, 5.41) is 2.95. The highest BCUT2D eigenvalue weighted by atomic mass is 32.2. The quantitative estimate of drug-likeness (QED) is 0.837. The number of nitrogens with one attached hydrogen (secondary N) is 1. The zero-order valence-electron chi connectivity index (χ0n) is 11.1. The Morgan fingerprint density at radius 2 is 1.95 bits per heavy atom. The Morgan fingerprint density at radius 3 is 2.68 bits per heavy atom. The highest BCUT2D eigenvalue weighted by Gasteiger charge is 2.10. The Balaban J connectivity index is 2.20. The van der Waals surface area contributed by atoms with Crippen molar-refractivity contribution in [3.05, 3.63) is 59.7 Å². The summed E-state index contributed by atoms with van der Waals surface area (Å²) in [7, 11) is 0. The monoisotopic (exact) mass is 271 g/mol. The maximum Gasteiger partial charge on any atom is 0.256 e. The summed E-state index contributed by atoms with van der Waals surface area (Å²) in [6.07, 6.45) is 0. The van der Waals surface area contributed by atoms with Crippen LogP contribution in [0.4, 0.5) is 5.69 Å². The second-order valence-electron chi connectivity index (χ2n) is 4.25. The van der Waals surface area contributed by atoms with Crippen molar-refractivity contribution in [2.24, 2.45) is 0 Å². The Morgan fingerprint density at radius 1 is 1.16 bits per heavy atom. The average Bonchev–Trinajstić information content (AvgIpc) is 2.39. The van der Waals surface area contributed by atoms with E-state index >= 15 is 0 Å². The minimum atomic E-state index is -0.0536. The van der Waals surface area contributed by atoms with Crippen molar-refractivity contribution in [2.45, 2.75) is 18.7 Å². The van der Waals surface area contributed by atoms with Gasteiger partial charge in [-0.1, -0.05) is 31.2 Å². The topological polar surface area (TPSA) is 29.1 Å². The van der Waals surface area contributed by atoms with E-state index in [0.717, 1.165) is 27.5 Å². The highest BCUT2D eigenvalue weighted by molar-refractivity contribution is 7.99. The third-order valence-electron chi connectivity index (χ3n) is 2.71. The van der Waals surface area contributed by atoms with Gasteiger partial charge in [-0.2, -0.15) is 0 Å². The number of amides is 1. The van der Waals surface area contributed by atoms with Gasteiger partial charge < -0.3 is 5.32 Å². The van der Waals surface area contributed by atoms with Crippen molar-refractivity contribution in [2.75, 3.05) is 11.1 Å². The Kier molecular flexibility index (Phi) is 4.63. The summed E-state index contributed by atoms with van der Waals surface area (Å²) in [6.45, 7) is 4.09. The van der Waals surface area contributed by atoms with Gasteiger partial charge in [0.1, 0.15) is 0 Å². The average molecular weight is 271 g/mol. The minimum absolute atomic E-state index is 0.0536. The Bertz CT molecular complexity index is 580. The molecule has 2 nitrogen and oxygen atoms in total. The van der Waals surface area contributed by atoms with E-state index in [1.807, 2.05) is 55.5 Å². The van der Waals surface area contributed by atoms with Crippen LogP contribution in [0, 0.1) is 6.92 Å². The van der Waals surface area contributed by atoms with Crippen molar-refractivity contribution in [3.63, 3.8) is 0 Å². The summed E-state index contributed by atoms with van der Waals surface area (Å²) >= 11 is 1.68. The molecule has 0 spiro atoms. The van der Waals surface area contributed by atoms with Crippen LogP contribution < -0.4 is 5.32 Å². The molecule has 2 aromatic carbocycles. The van der Waals surface area contributed by atoms with Crippen LogP contribution in [-0.2, 0) is 0 Å². The molecule has 0 saturated heterocycles. The molecule has 19 heavy (non-hydrogen) atoms. The van der Waals surface area contributed by atoms with Gasteiger partial charge in [-0.05, 0) is 42.5 Å². The number of rotatable bonds is 4. The lowest BCUT2D eigenvalue weighted by atomic mass is 10.2. The first kappa shape index (κ1) is 13.7. The molecule has 0 aliphatic heterocycles. The first-order chi connectivity index (χ1) is 9.20. The van der Waals surface area contributed by atoms with Crippen molar-refractivity contribution in [1.82, 2.24) is 0 Å². The molecule has 0 radical (unpaired) electrons. The molecular formula is C16H17NOS. The second-order valence-corrected chi connectivity index (χ2v) is 5.56. The SMILES string of the molecule is CCSc1ccccc1C(=O)Nc1cccc(C)c1. The second kappa shape index (κ2) is 6.43. The molecule has 0 atom stereocenters. The number of carbonyl (C=O) groups excluding carboxylic acids is 1. The number of carbonyl (C=O) groups is 1. The molecule has 0 aliphatic rings. The number of thioether (sulfide) groups is 1. The van der Waals surface area contributed by atoms with Crippen molar-refractivity contribution in [1.29, 1.82) is 0 Å². The van der Waals surface area contributed by atoms with Gasteiger partial charge in [0, 0.05) is 10.6 Å². The van der Waals surface area contributed by atoms with Crippen molar-refractivity contribution < 1.29 is 4.79 Å². The normalized spacial score (nSPS) is 10.2. The molecule has 0 aliphatic carbocycles. The molecule has 1 N–H and O–H groups in total. The van der Waals surface area contributed by atoms with Crippen molar-refractivity contribution in [3.8, 4) is 0 Å². The first-order valence-electron chi connectivity index (χ1n) is 6.30. The largest absolute Gasteiger partial charge is 0.322 e. The lowest BCUT2D eigenvalue weighted by molar-refractivity contribution is 0.102. The molecule has 0 fully saturated rings. The third-order valence-corrected chi connectivity index (χ3v) is 3.66. The molecule has 0 unspecified atom stereocenters. The van der Waals surface area contributed by atoms with E-state index in [9.17, 15) is 4.79 Å². The van der Waals surface area contributed by atoms with Gasteiger partial charge in [0.15, 0.2) is 0 Å². The van der Waals surface area contributed by atoms with Crippen LogP contribution in [0.25, 0.3) is 0 Å². The van der Waals surface area contributed by atoms with Crippen LogP contribution in [-0.4, -0.2) is 11.7 Å². The standard InChI is InChI=1S/C16H17NOS/c1-3-19-15-10-5-4-9-14(15)16(18)17-13-8-6-7-12(2)11-13/h4-11H,3H2,1-2H3,(H,17,18). The fraction of sp³-hybridized carbons (Fsp3) is 0.188. The van der Waals surface area contributed by atoms with Gasteiger partial charge in [-0.25, -0.2) is 0 Å². The lowest BCUT2D eigenvalue weighted by Crippen LogP contribution is -2.13. The number of hydrogen-bond acceptors (Lipinski definition) is 2. The van der Waals surface area contributed by atoms with Gasteiger partial charge in [0.05, 0.1) is 5.56 Å². The molecule has 98 valence electrons. The van der Waals surface area contributed by atoms with Gasteiger partial charge in [-0.3, -0.25) is 4.79 Å². The maximum atomic E-state index is 12.3. The van der Waals surface area contributed by atoms with Crippen molar-refractivity contribution >= 4 is 23.4 Å². The first-order valence-corrected chi connectivity index (χ1v) is 7.29. The Labute approximate surface area is 118 Å². The van der Waals surface area contributed by atoms with Crippen LogP contribution in [0.3, 0.4) is 0 Å². The van der Waals surface area contributed by atoms with E-state index in [0.29, 0.717) is 0 Å². The molecule has 3 heteroatoms. The van der Waals surface area contributed by atoms with Gasteiger partial charge in [0.2, 0.25) is 0 Å². The molecule has 2 rings (SSSR count). The minimum Gasteiger partial charge on any atom is -0.322 e. The predicted molar refractivity (Wildman–Crippen MR) is 82.0 cm³/mol. The third kappa shape index (κ3) is 3.61. The number of aryl methyl sites for hydroxylation is 1. The highest BCUT2D eigenvalue weighted by Crippen LogP contribution is 2.23. The predicted octanol–water partition coefficient (Wildman–Crippen LogP) is 4.36. The van der Waals surface area contributed by atoms with Crippen LogP contribution in [0.15, 0.2) is 53.4 Å². The van der Waals surface area contributed by atoms with Crippen LogP contribution in [0.1, 0.15) is 22.8 Å². The van der Waals surface area contributed by atoms with Crippen LogP contribution in [0.5, 0.6) is 0 Å². The zero-order chi connectivity index (χ0) is 13.7. The summed E-state index contributed by atoms with van der Waals surface area (Å²) in [5.74, 6) is 0.900. The fourth-order valence-corrected chi connectivity index (χ4v) is 2.66. The van der Waals surface area contributed by atoms with E-state index in [-0.39, 0.29) is 5.91 Å². The lowest BCUT2D eigenvalue weighted by Gasteiger charge is -2.09. The van der Waals surface area contributed by atoms with E-state index in [1.54, 1.807) is 11.8 Å². The zero-order valence-corrected chi connectivity index (χ0v) is 12.0. The van der Waals surface area contributed by atoms with Crippen LogP contribution >= 0.6 is 11.8 Å². The number of hydrogen-bond donors (Lipinski definition) is 1. The molecule has 0 bridgehead atoms. The summed E-state index contributed by atoms with van der Waals surface area (Å²) < 4.78 is 0. The number of anilines is 1. The molecule has 1 amide bonds. The smallest absolute Gasteiger partial charge is 0.256 e. The Hall–Kier alpha value is -1.74. The van der Waals surface area contributed by atoms with Gasteiger partial charge in [-0.15, -0.1) is 11.8 Å². The molecule has 0 heterocycles. The molecular weight excluding hydrogens is 254 g/mol. The van der Waals surface area contributed by atoms with E-state index in [1.165, 1.54) is 0 Å². The molecule has 0 aromatic heterocycles. The number of benzene rings is 2.